The van der Waals surface area contributed by atoms with Crippen molar-refractivity contribution in [1.29, 1.82) is 5.26 Å². The number of hydrogen-bond acceptors (Lipinski definition) is 4. The third-order valence-corrected chi connectivity index (χ3v) is 4.29. The van der Waals surface area contributed by atoms with Gasteiger partial charge in [0.05, 0.1) is 17.7 Å². The zero-order valence-corrected chi connectivity index (χ0v) is 12.5. The van der Waals surface area contributed by atoms with E-state index in [-0.39, 0.29) is 18.6 Å². The van der Waals surface area contributed by atoms with Gasteiger partial charge in [-0.25, -0.2) is 12.8 Å². The highest BCUT2D eigenvalue weighted by Gasteiger charge is 2.23. The summed E-state index contributed by atoms with van der Waals surface area (Å²) >= 11 is 0. The molecule has 1 atom stereocenters. The van der Waals surface area contributed by atoms with Crippen LogP contribution in [0, 0.1) is 17.1 Å². The zero-order valence-electron chi connectivity index (χ0n) is 11.7. The largest absolute Gasteiger partial charge is 0.273 e. The SMILES string of the molecule is CCC(C(=O)NS(=O)(=O)CCCC#N)c1ccc(F)cc1. The predicted octanol–water partition coefficient (Wildman–Crippen LogP) is 2.07. The van der Waals surface area contributed by atoms with E-state index in [1.165, 1.54) is 24.3 Å². The van der Waals surface area contributed by atoms with Crippen molar-refractivity contribution in [3.05, 3.63) is 35.6 Å². The molecule has 5 nitrogen and oxygen atoms in total. The van der Waals surface area contributed by atoms with E-state index in [0.717, 1.165) is 0 Å². The van der Waals surface area contributed by atoms with E-state index in [4.69, 9.17) is 5.26 Å². The van der Waals surface area contributed by atoms with Gasteiger partial charge in [0, 0.05) is 6.42 Å². The average molecular weight is 312 g/mol. The van der Waals surface area contributed by atoms with Crippen molar-refractivity contribution in [2.24, 2.45) is 0 Å². The van der Waals surface area contributed by atoms with Gasteiger partial charge in [0.2, 0.25) is 15.9 Å². The number of hydrogen-bond donors (Lipinski definition) is 1. The van der Waals surface area contributed by atoms with Crippen molar-refractivity contribution in [2.75, 3.05) is 5.75 Å². The third kappa shape index (κ3) is 5.52. The van der Waals surface area contributed by atoms with Gasteiger partial charge in [-0.1, -0.05) is 19.1 Å². The van der Waals surface area contributed by atoms with Crippen molar-refractivity contribution in [3.63, 3.8) is 0 Å². The van der Waals surface area contributed by atoms with E-state index in [1.807, 2.05) is 10.8 Å². The second kappa shape index (κ2) is 7.74. The molecular weight excluding hydrogens is 295 g/mol. The molecule has 0 radical (unpaired) electrons. The van der Waals surface area contributed by atoms with Crippen molar-refractivity contribution >= 4 is 15.9 Å². The monoisotopic (exact) mass is 312 g/mol. The molecule has 1 amide bonds. The molecule has 1 unspecified atom stereocenters. The van der Waals surface area contributed by atoms with E-state index in [0.29, 0.717) is 12.0 Å². The molecule has 1 aromatic rings. The Morgan fingerprint density at radius 1 is 1.38 bits per heavy atom. The van der Waals surface area contributed by atoms with Crippen LogP contribution in [0.3, 0.4) is 0 Å². The Morgan fingerprint density at radius 3 is 2.52 bits per heavy atom. The Morgan fingerprint density at radius 2 is 2.00 bits per heavy atom. The highest BCUT2D eigenvalue weighted by Crippen LogP contribution is 2.20. The summed E-state index contributed by atoms with van der Waals surface area (Å²) in [6, 6.07) is 7.23. The number of carbonyl (C=O) groups is 1. The Hall–Kier alpha value is -1.94. The van der Waals surface area contributed by atoms with Gasteiger partial charge in [0.1, 0.15) is 5.82 Å². The molecule has 21 heavy (non-hydrogen) atoms. The van der Waals surface area contributed by atoms with Crippen LogP contribution in [-0.4, -0.2) is 20.1 Å². The Labute approximate surface area is 123 Å². The molecule has 0 fully saturated rings. The molecule has 0 saturated carbocycles. The first kappa shape index (κ1) is 17.1. The van der Waals surface area contributed by atoms with Crippen LogP contribution >= 0.6 is 0 Å². The maximum Gasteiger partial charge on any atom is 0.240 e. The Balaban J connectivity index is 2.76. The number of rotatable bonds is 7. The number of sulfonamides is 1. The van der Waals surface area contributed by atoms with Gasteiger partial charge in [-0.2, -0.15) is 5.26 Å². The van der Waals surface area contributed by atoms with Crippen LogP contribution in [0.25, 0.3) is 0 Å². The number of carbonyl (C=O) groups excluding carboxylic acids is 1. The zero-order chi connectivity index (χ0) is 15.9. The lowest BCUT2D eigenvalue weighted by molar-refractivity contribution is -0.120. The smallest absolute Gasteiger partial charge is 0.240 e. The van der Waals surface area contributed by atoms with E-state index in [1.54, 1.807) is 6.92 Å². The van der Waals surface area contributed by atoms with Gasteiger partial charge in [-0.05, 0) is 30.5 Å². The first-order valence-electron chi connectivity index (χ1n) is 6.56. The van der Waals surface area contributed by atoms with E-state index < -0.39 is 27.7 Å². The molecule has 7 heteroatoms. The summed E-state index contributed by atoms with van der Waals surface area (Å²) in [7, 11) is -3.75. The van der Waals surface area contributed by atoms with E-state index in [9.17, 15) is 17.6 Å². The molecule has 0 aliphatic heterocycles. The minimum atomic E-state index is -3.75. The molecule has 114 valence electrons. The molecule has 1 rings (SSSR count). The first-order valence-corrected chi connectivity index (χ1v) is 8.21. The summed E-state index contributed by atoms with van der Waals surface area (Å²) in [5.41, 5.74) is 0.559. The molecule has 0 heterocycles. The molecule has 0 spiro atoms. The lowest BCUT2D eigenvalue weighted by Gasteiger charge is -2.15. The molecular formula is C14H17FN2O3S. The summed E-state index contributed by atoms with van der Waals surface area (Å²) in [6.07, 6.45) is 0.682. The van der Waals surface area contributed by atoms with Crippen LogP contribution in [0.5, 0.6) is 0 Å². The number of halogens is 1. The van der Waals surface area contributed by atoms with Gasteiger partial charge in [0.15, 0.2) is 0 Å². The van der Waals surface area contributed by atoms with Gasteiger partial charge in [-0.15, -0.1) is 0 Å². The highest BCUT2D eigenvalue weighted by molar-refractivity contribution is 7.90. The van der Waals surface area contributed by atoms with Gasteiger partial charge in [0.25, 0.3) is 0 Å². The minimum Gasteiger partial charge on any atom is -0.273 e. The number of nitrogens with one attached hydrogen (secondary N) is 1. The number of nitrogens with zero attached hydrogens (tertiary/aromatic N) is 1. The normalized spacial score (nSPS) is 12.4. The Bertz CT molecular complexity index is 621. The molecule has 0 aliphatic carbocycles. The Kier molecular flexibility index (Phi) is 6.31. The molecule has 1 aromatic carbocycles. The van der Waals surface area contributed by atoms with Crippen LogP contribution in [-0.2, 0) is 14.8 Å². The minimum absolute atomic E-state index is 0.115. The lowest BCUT2D eigenvalue weighted by atomic mass is 9.96. The van der Waals surface area contributed by atoms with Crippen LogP contribution < -0.4 is 4.72 Å². The van der Waals surface area contributed by atoms with Crippen LogP contribution in [0.2, 0.25) is 0 Å². The van der Waals surface area contributed by atoms with Crippen LogP contribution in [0.1, 0.15) is 37.7 Å². The average Bonchev–Trinajstić information content (AvgIpc) is 2.41. The molecule has 0 saturated heterocycles. The number of nitriles is 1. The van der Waals surface area contributed by atoms with Crippen molar-refractivity contribution in [3.8, 4) is 6.07 Å². The molecule has 0 aliphatic rings. The van der Waals surface area contributed by atoms with Gasteiger partial charge in [-0.3, -0.25) is 9.52 Å². The van der Waals surface area contributed by atoms with Gasteiger partial charge < -0.3 is 0 Å². The van der Waals surface area contributed by atoms with Crippen LogP contribution in [0.4, 0.5) is 4.39 Å². The number of amides is 1. The lowest BCUT2D eigenvalue weighted by Crippen LogP contribution is -2.36. The molecule has 0 aromatic heterocycles. The van der Waals surface area contributed by atoms with E-state index in [2.05, 4.69) is 0 Å². The molecule has 0 bridgehead atoms. The fraction of sp³-hybridized carbons (Fsp3) is 0.429. The second-order valence-electron chi connectivity index (χ2n) is 4.56. The predicted molar refractivity (Wildman–Crippen MR) is 76.2 cm³/mol. The van der Waals surface area contributed by atoms with E-state index >= 15 is 0 Å². The van der Waals surface area contributed by atoms with Crippen LogP contribution in [0.15, 0.2) is 24.3 Å². The van der Waals surface area contributed by atoms with Crippen molar-refractivity contribution < 1.29 is 17.6 Å². The quantitative estimate of drug-likeness (QED) is 0.781. The summed E-state index contributed by atoms with van der Waals surface area (Å²) in [5, 5.41) is 8.38. The standard InChI is InChI=1S/C14H17FN2O3S/c1-2-13(11-5-7-12(15)8-6-11)14(18)17-21(19,20)10-4-3-9-16/h5-8,13H,2-4,10H2,1H3,(H,17,18). The first-order chi connectivity index (χ1) is 9.89. The molecule has 1 N–H and O–H groups in total. The summed E-state index contributed by atoms with van der Waals surface area (Å²) in [5.74, 6) is -1.98. The summed E-state index contributed by atoms with van der Waals surface area (Å²) in [4.78, 5) is 12.1. The second-order valence-corrected chi connectivity index (χ2v) is 6.40. The summed E-state index contributed by atoms with van der Waals surface area (Å²) in [6.45, 7) is 1.75. The maximum atomic E-state index is 12.9. The van der Waals surface area contributed by atoms with Gasteiger partial charge >= 0.3 is 0 Å². The highest BCUT2D eigenvalue weighted by atomic mass is 32.2. The van der Waals surface area contributed by atoms with Crippen molar-refractivity contribution in [2.45, 2.75) is 32.1 Å². The van der Waals surface area contributed by atoms with Crippen molar-refractivity contribution in [1.82, 2.24) is 4.72 Å². The number of unbranched alkanes of at least 4 members (excludes halogenated alkanes) is 1. The maximum absolute atomic E-state index is 12.9. The fourth-order valence-corrected chi connectivity index (χ4v) is 2.96. The topological polar surface area (TPSA) is 87.0 Å². The fourth-order valence-electron chi connectivity index (χ4n) is 1.88. The number of benzene rings is 1. The third-order valence-electron chi connectivity index (χ3n) is 2.95. The summed E-state index contributed by atoms with van der Waals surface area (Å²) < 4.78 is 38.3.